The fourth-order valence-corrected chi connectivity index (χ4v) is 1.79. The molecular formula is C14H16FN3. The summed E-state index contributed by atoms with van der Waals surface area (Å²) in [6, 6.07) is 7.25. The highest BCUT2D eigenvalue weighted by Crippen LogP contribution is 2.14. The molecule has 3 nitrogen and oxygen atoms in total. The second-order valence-corrected chi connectivity index (χ2v) is 4.10. The van der Waals surface area contributed by atoms with Crippen LogP contribution in [0.1, 0.15) is 30.6 Å². The largest absolute Gasteiger partial charge is 0.305 e. The summed E-state index contributed by atoms with van der Waals surface area (Å²) in [5, 5.41) is 3.41. The van der Waals surface area contributed by atoms with Crippen LogP contribution in [0.3, 0.4) is 0 Å². The van der Waals surface area contributed by atoms with Crippen molar-refractivity contribution in [2.24, 2.45) is 0 Å². The second kappa shape index (κ2) is 6.21. The lowest BCUT2D eigenvalue weighted by Crippen LogP contribution is -2.21. The van der Waals surface area contributed by atoms with Gasteiger partial charge >= 0.3 is 0 Å². The topological polar surface area (TPSA) is 37.8 Å². The highest BCUT2D eigenvalue weighted by molar-refractivity contribution is 5.12. The monoisotopic (exact) mass is 245 g/mol. The van der Waals surface area contributed by atoms with Crippen LogP contribution < -0.4 is 5.32 Å². The maximum Gasteiger partial charge on any atom is 0.141 e. The molecular weight excluding hydrogens is 229 g/mol. The lowest BCUT2D eigenvalue weighted by atomic mass is 10.1. The van der Waals surface area contributed by atoms with Crippen LogP contribution in [0.4, 0.5) is 4.39 Å². The van der Waals surface area contributed by atoms with E-state index in [-0.39, 0.29) is 11.9 Å². The molecule has 0 aliphatic heterocycles. The Morgan fingerprint density at radius 3 is 2.61 bits per heavy atom. The molecule has 2 heterocycles. The van der Waals surface area contributed by atoms with Gasteiger partial charge in [-0.25, -0.2) is 4.39 Å². The molecule has 0 aromatic carbocycles. The number of nitrogens with one attached hydrogen (secondary N) is 1. The molecule has 0 aliphatic rings. The molecule has 2 rings (SSSR count). The van der Waals surface area contributed by atoms with Gasteiger partial charge in [-0.2, -0.15) is 0 Å². The Balaban J connectivity index is 1.99. The predicted octanol–water partition coefficient (Wildman–Crippen LogP) is 2.86. The SMILES string of the molecule is CCC(NCc1ccncc1)c1ccc(F)cn1. The third-order valence-corrected chi connectivity index (χ3v) is 2.82. The first-order chi connectivity index (χ1) is 8.79. The molecule has 0 saturated heterocycles. The summed E-state index contributed by atoms with van der Waals surface area (Å²) in [6.45, 7) is 2.83. The molecule has 18 heavy (non-hydrogen) atoms. The lowest BCUT2D eigenvalue weighted by molar-refractivity contribution is 0.504. The van der Waals surface area contributed by atoms with Gasteiger partial charge in [0.05, 0.1) is 11.9 Å². The first-order valence-electron chi connectivity index (χ1n) is 6.03. The molecule has 2 aromatic rings. The van der Waals surface area contributed by atoms with Gasteiger partial charge in [0, 0.05) is 25.0 Å². The molecule has 1 atom stereocenters. The number of rotatable bonds is 5. The fraction of sp³-hybridized carbons (Fsp3) is 0.286. The minimum absolute atomic E-state index is 0.138. The number of hydrogen-bond donors (Lipinski definition) is 1. The first kappa shape index (κ1) is 12.6. The van der Waals surface area contributed by atoms with Crippen LogP contribution in [0.25, 0.3) is 0 Å². The summed E-state index contributed by atoms with van der Waals surface area (Å²) in [5.41, 5.74) is 2.04. The van der Waals surface area contributed by atoms with Crippen molar-refractivity contribution in [3.63, 3.8) is 0 Å². The average molecular weight is 245 g/mol. The fourth-order valence-electron chi connectivity index (χ4n) is 1.79. The van der Waals surface area contributed by atoms with Crippen molar-refractivity contribution in [2.45, 2.75) is 25.9 Å². The Bertz CT molecular complexity index is 470. The van der Waals surface area contributed by atoms with Crippen molar-refractivity contribution in [1.29, 1.82) is 0 Å². The summed E-state index contributed by atoms with van der Waals surface area (Å²) < 4.78 is 12.8. The highest BCUT2D eigenvalue weighted by atomic mass is 19.1. The number of pyridine rings is 2. The molecule has 0 aliphatic carbocycles. The summed E-state index contributed by atoms with van der Waals surface area (Å²) >= 11 is 0. The van der Waals surface area contributed by atoms with Gasteiger partial charge in [0.15, 0.2) is 0 Å². The van der Waals surface area contributed by atoms with E-state index in [0.29, 0.717) is 0 Å². The smallest absolute Gasteiger partial charge is 0.141 e. The standard InChI is InChI=1S/C14H16FN3/c1-2-13(14-4-3-12(15)10-18-14)17-9-11-5-7-16-8-6-11/h3-8,10,13,17H,2,9H2,1H3. The second-order valence-electron chi connectivity index (χ2n) is 4.10. The van der Waals surface area contributed by atoms with Crippen LogP contribution >= 0.6 is 0 Å². The zero-order chi connectivity index (χ0) is 12.8. The van der Waals surface area contributed by atoms with Crippen LogP contribution in [-0.2, 0) is 6.54 Å². The van der Waals surface area contributed by atoms with Gasteiger partial charge in [-0.3, -0.25) is 9.97 Å². The van der Waals surface area contributed by atoms with Gasteiger partial charge in [0.25, 0.3) is 0 Å². The van der Waals surface area contributed by atoms with Crippen molar-refractivity contribution >= 4 is 0 Å². The Hall–Kier alpha value is -1.81. The normalized spacial score (nSPS) is 12.3. The van der Waals surface area contributed by atoms with E-state index >= 15 is 0 Å². The zero-order valence-corrected chi connectivity index (χ0v) is 10.3. The molecule has 94 valence electrons. The van der Waals surface area contributed by atoms with E-state index in [2.05, 4.69) is 22.2 Å². The maximum atomic E-state index is 12.8. The summed E-state index contributed by atoms with van der Waals surface area (Å²) in [5.74, 6) is -0.303. The minimum atomic E-state index is -0.303. The number of hydrogen-bond acceptors (Lipinski definition) is 3. The van der Waals surface area contributed by atoms with Gasteiger partial charge < -0.3 is 5.32 Å². The van der Waals surface area contributed by atoms with Crippen molar-refractivity contribution < 1.29 is 4.39 Å². The van der Waals surface area contributed by atoms with Gasteiger partial charge in [0.1, 0.15) is 5.82 Å². The molecule has 1 unspecified atom stereocenters. The maximum absolute atomic E-state index is 12.8. The van der Waals surface area contributed by atoms with E-state index < -0.39 is 0 Å². The predicted molar refractivity (Wildman–Crippen MR) is 68.3 cm³/mol. The molecule has 4 heteroatoms. The van der Waals surface area contributed by atoms with Crippen molar-refractivity contribution in [1.82, 2.24) is 15.3 Å². The lowest BCUT2D eigenvalue weighted by Gasteiger charge is -2.16. The van der Waals surface area contributed by atoms with Crippen molar-refractivity contribution in [3.05, 3.63) is 59.9 Å². The van der Waals surface area contributed by atoms with Crippen LogP contribution in [0.15, 0.2) is 42.9 Å². The number of halogens is 1. The molecule has 0 radical (unpaired) electrons. The molecule has 0 amide bonds. The highest BCUT2D eigenvalue weighted by Gasteiger charge is 2.09. The number of nitrogens with zero attached hydrogens (tertiary/aromatic N) is 2. The summed E-state index contributed by atoms with van der Waals surface area (Å²) in [6.07, 6.45) is 5.71. The van der Waals surface area contributed by atoms with E-state index in [1.165, 1.54) is 17.8 Å². The van der Waals surface area contributed by atoms with Crippen molar-refractivity contribution in [2.75, 3.05) is 0 Å². The van der Waals surface area contributed by atoms with Crippen LogP contribution in [0.2, 0.25) is 0 Å². The summed E-state index contributed by atoms with van der Waals surface area (Å²) in [7, 11) is 0. The third kappa shape index (κ3) is 3.34. The summed E-state index contributed by atoms with van der Waals surface area (Å²) in [4.78, 5) is 8.09. The number of aromatic nitrogens is 2. The minimum Gasteiger partial charge on any atom is -0.305 e. The molecule has 0 saturated carbocycles. The third-order valence-electron chi connectivity index (χ3n) is 2.82. The van der Waals surface area contributed by atoms with Gasteiger partial charge in [0.2, 0.25) is 0 Å². The average Bonchev–Trinajstić information content (AvgIpc) is 2.42. The molecule has 0 fully saturated rings. The van der Waals surface area contributed by atoms with Gasteiger partial charge in [-0.1, -0.05) is 6.92 Å². The van der Waals surface area contributed by atoms with E-state index in [0.717, 1.165) is 18.7 Å². The van der Waals surface area contributed by atoms with E-state index in [1.807, 2.05) is 12.1 Å². The molecule has 0 bridgehead atoms. The quantitative estimate of drug-likeness (QED) is 0.880. The first-order valence-corrected chi connectivity index (χ1v) is 6.03. The Labute approximate surface area is 106 Å². The van der Waals surface area contributed by atoms with E-state index in [1.54, 1.807) is 18.5 Å². The van der Waals surface area contributed by atoms with Crippen LogP contribution in [-0.4, -0.2) is 9.97 Å². The Kier molecular flexibility index (Phi) is 4.36. The van der Waals surface area contributed by atoms with E-state index in [4.69, 9.17) is 0 Å². The Morgan fingerprint density at radius 2 is 2.00 bits per heavy atom. The van der Waals surface area contributed by atoms with Crippen LogP contribution in [0, 0.1) is 5.82 Å². The molecule has 0 spiro atoms. The zero-order valence-electron chi connectivity index (χ0n) is 10.3. The molecule has 1 N–H and O–H groups in total. The van der Waals surface area contributed by atoms with Gasteiger partial charge in [-0.15, -0.1) is 0 Å². The van der Waals surface area contributed by atoms with Crippen LogP contribution in [0.5, 0.6) is 0 Å². The van der Waals surface area contributed by atoms with Crippen molar-refractivity contribution in [3.8, 4) is 0 Å². The molecule has 2 aromatic heterocycles. The Morgan fingerprint density at radius 1 is 1.22 bits per heavy atom. The van der Waals surface area contributed by atoms with E-state index in [9.17, 15) is 4.39 Å². The van der Waals surface area contributed by atoms with Gasteiger partial charge in [-0.05, 0) is 36.2 Å².